The molecule has 5 nitrogen and oxygen atoms in total. The molecule has 1 aromatic carbocycles. The highest BCUT2D eigenvalue weighted by molar-refractivity contribution is 9.10. The first-order valence-electron chi connectivity index (χ1n) is 5.44. The van der Waals surface area contributed by atoms with E-state index in [9.17, 15) is 23.1 Å². The highest BCUT2D eigenvalue weighted by Crippen LogP contribution is 2.38. The van der Waals surface area contributed by atoms with E-state index < -0.39 is 24.2 Å². The monoisotopic (exact) mass is 391 g/mol. The molecule has 21 heavy (non-hydrogen) atoms. The minimum absolute atomic E-state index is 0.137. The second kappa shape index (κ2) is 7.19. The Morgan fingerprint density at radius 1 is 1.48 bits per heavy atom. The van der Waals surface area contributed by atoms with E-state index in [1.165, 1.54) is 0 Å². The Balaban J connectivity index is 3.16. The molecule has 3 N–H and O–H groups in total. The molecule has 0 radical (unpaired) electrons. The molecule has 0 saturated carbocycles. The van der Waals surface area contributed by atoms with Gasteiger partial charge in [0, 0.05) is 6.54 Å². The number of carboxylic acid groups (broad SMARTS) is 1. The Morgan fingerprint density at radius 3 is 2.57 bits per heavy atom. The fourth-order valence-electron chi connectivity index (χ4n) is 1.35. The van der Waals surface area contributed by atoms with Crippen LogP contribution < -0.4 is 10.1 Å². The van der Waals surface area contributed by atoms with Crippen molar-refractivity contribution in [3.8, 4) is 5.75 Å². The molecule has 0 amide bonds. The van der Waals surface area contributed by atoms with Crippen LogP contribution in [0.15, 0.2) is 16.6 Å². The Bertz CT molecular complexity index is 527. The fraction of sp³-hybridized carbons (Fsp3) is 0.364. The summed E-state index contributed by atoms with van der Waals surface area (Å²) in [5.41, 5.74) is -0.484. The molecule has 10 heteroatoms. The van der Waals surface area contributed by atoms with Gasteiger partial charge in [0.05, 0.1) is 27.7 Å². The second-order valence-electron chi connectivity index (χ2n) is 3.88. The molecule has 0 heterocycles. The quantitative estimate of drug-likeness (QED) is 0.649. The van der Waals surface area contributed by atoms with Crippen molar-refractivity contribution in [3.05, 3.63) is 22.2 Å². The van der Waals surface area contributed by atoms with Crippen LogP contribution in [-0.4, -0.2) is 41.1 Å². The zero-order chi connectivity index (χ0) is 16.2. The number of ether oxygens (including phenoxy) is 1. The van der Waals surface area contributed by atoms with Crippen LogP contribution in [0.2, 0.25) is 0 Å². The number of benzene rings is 1. The first-order chi connectivity index (χ1) is 9.64. The lowest BCUT2D eigenvalue weighted by Crippen LogP contribution is -2.23. The number of aliphatic hydroxyl groups excluding tert-OH is 1. The Morgan fingerprint density at radius 2 is 2.10 bits per heavy atom. The van der Waals surface area contributed by atoms with Gasteiger partial charge in [0.2, 0.25) is 0 Å². The molecule has 0 spiro atoms. The van der Waals surface area contributed by atoms with E-state index in [0.717, 1.165) is 12.1 Å². The molecular formula is C11H10BrClF3NO4. The lowest BCUT2D eigenvalue weighted by atomic mass is 10.2. The summed E-state index contributed by atoms with van der Waals surface area (Å²) in [5.74, 6) is -2.09. The van der Waals surface area contributed by atoms with Gasteiger partial charge >= 0.3 is 12.3 Å². The zero-order valence-electron chi connectivity index (χ0n) is 10.2. The van der Waals surface area contributed by atoms with E-state index in [2.05, 4.69) is 26.0 Å². The van der Waals surface area contributed by atoms with Crippen molar-refractivity contribution in [1.82, 2.24) is 0 Å². The second-order valence-corrected chi connectivity index (χ2v) is 5.04. The molecule has 0 fully saturated rings. The smallest absolute Gasteiger partial charge is 0.478 e. The van der Waals surface area contributed by atoms with Gasteiger partial charge in [0.15, 0.2) is 5.75 Å². The van der Waals surface area contributed by atoms with Crippen LogP contribution in [0, 0.1) is 0 Å². The number of aliphatic hydroxyl groups is 1. The van der Waals surface area contributed by atoms with Crippen molar-refractivity contribution in [2.24, 2.45) is 0 Å². The van der Waals surface area contributed by atoms with Gasteiger partial charge in [0.1, 0.15) is 0 Å². The molecule has 0 saturated heterocycles. The molecule has 1 unspecified atom stereocenters. The summed E-state index contributed by atoms with van der Waals surface area (Å²) in [6.07, 6.45) is -5.97. The number of hydrogen-bond donors (Lipinski definition) is 3. The van der Waals surface area contributed by atoms with Crippen LogP contribution in [0.25, 0.3) is 0 Å². The highest BCUT2D eigenvalue weighted by atomic mass is 79.9. The number of carbonyl (C=O) groups is 1. The standard InChI is InChI=1S/C11H10BrClF3NO4/c12-7-1-5(10(19)20)2-8(17-4-6(18)3-13)9(7)21-11(14,15)16/h1-2,6,17-18H,3-4H2,(H,19,20). The average molecular weight is 393 g/mol. The summed E-state index contributed by atoms with van der Waals surface area (Å²) in [5, 5.41) is 20.7. The SMILES string of the molecule is O=C(O)c1cc(Br)c(OC(F)(F)F)c(NCC(O)CCl)c1. The van der Waals surface area contributed by atoms with Crippen LogP contribution in [0.5, 0.6) is 5.75 Å². The number of anilines is 1. The van der Waals surface area contributed by atoms with Crippen LogP contribution >= 0.6 is 27.5 Å². The van der Waals surface area contributed by atoms with E-state index in [-0.39, 0.29) is 28.1 Å². The molecule has 1 rings (SSSR count). The molecule has 0 aromatic heterocycles. The normalized spacial score (nSPS) is 12.9. The van der Waals surface area contributed by atoms with Crippen LogP contribution in [-0.2, 0) is 0 Å². The van der Waals surface area contributed by atoms with E-state index >= 15 is 0 Å². The molecule has 118 valence electrons. The van der Waals surface area contributed by atoms with E-state index in [1.807, 2.05) is 0 Å². The van der Waals surface area contributed by atoms with Gasteiger partial charge in [-0.2, -0.15) is 0 Å². The number of halogens is 5. The summed E-state index contributed by atoms with van der Waals surface area (Å²) < 4.78 is 40.8. The summed E-state index contributed by atoms with van der Waals surface area (Å²) in [6.45, 7) is -0.173. The molecule has 0 bridgehead atoms. The number of aromatic carboxylic acids is 1. The Kier molecular flexibility index (Phi) is 6.11. The summed E-state index contributed by atoms with van der Waals surface area (Å²) >= 11 is 8.20. The number of carboxylic acids is 1. The molecule has 0 aliphatic rings. The van der Waals surface area contributed by atoms with E-state index in [1.54, 1.807) is 0 Å². The molecule has 1 aromatic rings. The largest absolute Gasteiger partial charge is 0.573 e. The minimum Gasteiger partial charge on any atom is -0.478 e. The number of hydrogen-bond acceptors (Lipinski definition) is 4. The third kappa shape index (κ3) is 5.60. The summed E-state index contributed by atoms with van der Waals surface area (Å²) in [6, 6.07) is 1.95. The topological polar surface area (TPSA) is 78.8 Å². The lowest BCUT2D eigenvalue weighted by Gasteiger charge is -2.18. The summed E-state index contributed by atoms with van der Waals surface area (Å²) in [4.78, 5) is 10.9. The first-order valence-corrected chi connectivity index (χ1v) is 6.77. The van der Waals surface area contributed by atoms with Crippen LogP contribution in [0.3, 0.4) is 0 Å². The zero-order valence-corrected chi connectivity index (χ0v) is 12.6. The number of alkyl halides is 4. The fourth-order valence-corrected chi connectivity index (χ4v) is 2.00. The van der Waals surface area contributed by atoms with Crippen molar-refractivity contribution in [3.63, 3.8) is 0 Å². The maximum atomic E-state index is 12.4. The minimum atomic E-state index is -4.95. The van der Waals surface area contributed by atoms with Gasteiger partial charge < -0.3 is 20.3 Å². The van der Waals surface area contributed by atoms with Crippen molar-refractivity contribution >= 4 is 39.2 Å². The molecule has 1 atom stereocenters. The number of rotatable bonds is 6. The predicted molar refractivity (Wildman–Crippen MR) is 73.0 cm³/mol. The molecule has 0 aliphatic carbocycles. The van der Waals surface area contributed by atoms with Gasteiger partial charge in [-0.3, -0.25) is 0 Å². The maximum Gasteiger partial charge on any atom is 0.573 e. The van der Waals surface area contributed by atoms with Crippen molar-refractivity contribution < 1.29 is 32.9 Å². The van der Waals surface area contributed by atoms with Gasteiger partial charge in [-0.15, -0.1) is 24.8 Å². The Hall–Kier alpha value is -1.19. The maximum absolute atomic E-state index is 12.4. The van der Waals surface area contributed by atoms with E-state index in [4.69, 9.17) is 16.7 Å². The van der Waals surface area contributed by atoms with Gasteiger partial charge in [-0.25, -0.2) is 4.79 Å². The molecule has 0 aliphatic heterocycles. The highest BCUT2D eigenvalue weighted by Gasteiger charge is 2.33. The van der Waals surface area contributed by atoms with Crippen LogP contribution in [0.1, 0.15) is 10.4 Å². The lowest BCUT2D eigenvalue weighted by molar-refractivity contribution is -0.274. The van der Waals surface area contributed by atoms with Gasteiger partial charge in [-0.1, -0.05) is 0 Å². The van der Waals surface area contributed by atoms with Crippen molar-refractivity contribution in [2.75, 3.05) is 17.7 Å². The predicted octanol–water partition coefficient (Wildman–Crippen LogP) is 3.06. The third-order valence-corrected chi connectivity index (χ3v) is 3.16. The van der Waals surface area contributed by atoms with Crippen LogP contribution in [0.4, 0.5) is 18.9 Å². The van der Waals surface area contributed by atoms with Gasteiger partial charge in [-0.05, 0) is 28.1 Å². The van der Waals surface area contributed by atoms with Crippen molar-refractivity contribution in [2.45, 2.75) is 12.5 Å². The summed E-state index contributed by atoms with van der Waals surface area (Å²) in [7, 11) is 0. The van der Waals surface area contributed by atoms with E-state index in [0.29, 0.717) is 0 Å². The van der Waals surface area contributed by atoms with Gasteiger partial charge in [0.25, 0.3) is 0 Å². The average Bonchev–Trinajstić information content (AvgIpc) is 2.37. The Labute approximate surface area is 130 Å². The molecular weight excluding hydrogens is 382 g/mol. The number of nitrogens with one attached hydrogen (secondary N) is 1. The first kappa shape index (κ1) is 17.9. The van der Waals surface area contributed by atoms with Crippen molar-refractivity contribution in [1.29, 1.82) is 0 Å². The third-order valence-electron chi connectivity index (χ3n) is 2.21.